The van der Waals surface area contributed by atoms with Gasteiger partial charge >= 0.3 is 0 Å². The lowest BCUT2D eigenvalue weighted by molar-refractivity contribution is -0.137. The van der Waals surface area contributed by atoms with E-state index in [1.54, 1.807) is 0 Å². The standard InChI is InChI=1S/C17H29N3O2/c1-15(19-9-4-2-3-5-10-19)17(21)20(11-6-8-18)13-16-7-12-22-14-16/h15-16H,2-7,9-14H2,1H3. The lowest BCUT2D eigenvalue weighted by Crippen LogP contribution is -2.49. The highest BCUT2D eigenvalue weighted by Gasteiger charge is 2.28. The van der Waals surface area contributed by atoms with Crippen LogP contribution in [-0.4, -0.2) is 61.1 Å². The number of hydrogen-bond donors (Lipinski definition) is 0. The van der Waals surface area contributed by atoms with Crippen molar-refractivity contribution in [3.63, 3.8) is 0 Å². The Kier molecular flexibility index (Phi) is 7.14. The first-order valence-electron chi connectivity index (χ1n) is 8.70. The molecule has 2 unspecified atom stereocenters. The molecule has 2 atom stereocenters. The molecule has 2 heterocycles. The molecule has 22 heavy (non-hydrogen) atoms. The maximum Gasteiger partial charge on any atom is 0.239 e. The van der Waals surface area contributed by atoms with E-state index in [9.17, 15) is 4.79 Å². The summed E-state index contributed by atoms with van der Waals surface area (Å²) >= 11 is 0. The zero-order valence-corrected chi connectivity index (χ0v) is 13.8. The van der Waals surface area contributed by atoms with Crippen molar-refractivity contribution >= 4 is 5.91 Å². The Morgan fingerprint density at radius 1 is 1.36 bits per heavy atom. The van der Waals surface area contributed by atoms with Crippen molar-refractivity contribution < 1.29 is 9.53 Å². The van der Waals surface area contributed by atoms with E-state index < -0.39 is 0 Å². The van der Waals surface area contributed by atoms with Crippen LogP contribution in [0.2, 0.25) is 0 Å². The van der Waals surface area contributed by atoms with Crippen LogP contribution < -0.4 is 0 Å². The number of carbonyl (C=O) groups is 1. The summed E-state index contributed by atoms with van der Waals surface area (Å²) < 4.78 is 5.42. The third-order valence-corrected chi connectivity index (χ3v) is 4.85. The van der Waals surface area contributed by atoms with Gasteiger partial charge in [-0.1, -0.05) is 12.8 Å². The summed E-state index contributed by atoms with van der Waals surface area (Å²) in [5, 5.41) is 8.86. The second-order valence-corrected chi connectivity index (χ2v) is 6.55. The molecule has 1 amide bonds. The molecule has 0 aliphatic carbocycles. The molecule has 124 valence electrons. The molecule has 0 aromatic carbocycles. The Hall–Kier alpha value is -1.12. The molecular weight excluding hydrogens is 278 g/mol. The molecule has 0 aromatic rings. The van der Waals surface area contributed by atoms with Crippen LogP contribution in [0.3, 0.4) is 0 Å². The van der Waals surface area contributed by atoms with E-state index >= 15 is 0 Å². The molecular formula is C17H29N3O2. The van der Waals surface area contributed by atoms with E-state index in [1.165, 1.54) is 25.7 Å². The summed E-state index contributed by atoms with van der Waals surface area (Å²) in [6.45, 7) is 6.89. The Morgan fingerprint density at radius 3 is 2.68 bits per heavy atom. The second-order valence-electron chi connectivity index (χ2n) is 6.55. The molecule has 0 spiro atoms. The minimum atomic E-state index is -0.0703. The van der Waals surface area contributed by atoms with Gasteiger partial charge in [0.05, 0.1) is 25.1 Å². The summed E-state index contributed by atoms with van der Waals surface area (Å²) in [5.74, 6) is 0.614. The zero-order valence-electron chi connectivity index (χ0n) is 13.8. The summed E-state index contributed by atoms with van der Waals surface area (Å²) in [4.78, 5) is 17.1. The molecule has 0 radical (unpaired) electrons. The molecule has 0 N–H and O–H groups in total. The third kappa shape index (κ3) is 4.96. The quantitative estimate of drug-likeness (QED) is 0.753. The average molecular weight is 307 g/mol. The fourth-order valence-electron chi connectivity index (χ4n) is 3.42. The SMILES string of the molecule is CC(C(=O)N(CCC#N)CC1CCOC1)N1CCCCCC1. The highest BCUT2D eigenvalue weighted by molar-refractivity contribution is 5.81. The van der Waals surface area contributed by atoms with Crippen LogP contribution >= 0.6 is 0 Å². The zero-order chi connectivity index (χ0) is 15.8. The Bertz CT molecular complexity index is 380. The first-order valence-corrected chi connectivity index (χ1v) is 8.70. The van der Waals surface area contributed by atoms with Crippen LogP contribution in [0.1, 0.15) is 45.4 Å². The normalized spacial score (nSPS) is 24.5. The largest absolute Gasteiger partial charge is 0.381 e. The van der Waals surface area contributed by atoms with Gasteiger partial charge in [-0.3, -0.25) is 9.69 Å². The van der Waals surface area contributed by atoms with Crippen molar-refractivity contribution in [1.29, 1.82) is 5.26 Å². The topological polar surface area (TPSA) is 56.6 Å². The maximum absolute atomic E-state index is 12.9. The van der Waals surface area contributed by atoms with Crippen molar-refractivity contribution in [2.45, 2.75) is 51.5 Å². The maximum atomic E-state index is 12.9. The van der Waals surface area contributed by atoms with Crippen molar-refractivity contribution in [2.75, 3.05) is 39.4 Å². The van der Waals surface area contributed by atoms with Gasteiger partial charge in [0.25, 0.3) is 0 Å². The number of ether oxygens (including phenoxy) is 1. The van der Waals surface area contributed by atoms with Gasteiger partial charge in [0.1, 0.15) is 0 Å². The van der Waals surface area contributed by atoms with Crippen molar-refractivity contribution in [1.82, 2.24) is 9.80 Å². The van der Waals surface area contributed by atoms with E-state index in [-0.39, 0.29) is 11.9 Å². The first-order chi connectivity index (χ1) is 10.7. The molecule has 5 nitrogen and oxygen atoms in total. The lowest BCUT2D eigenvalue weighted by atomic mass is 10.1. The highest BCUT2D eigenvalue weighted by Crippen LogP contribution is 2.17. The molecule has 2 fully saturated rings. The van der Waals surface area contributed by atoms with E-state index in [4.69, 9.17) is 10.00 Å². The minimum Gasteiger partial charge on any atom is -0.381 e. The van der Waals surface area contributed by atoms with E-state index in [0.717, 1.165) is 39.3 Å². The predicted molar refractivity (Wildman–Crippen MR) is 85.2 cm³/mol. The van der Waals surface area contributed by atoms with Crippen molar-refractivity contribution in [3.8, 4) is 6.07 Å². The number of amides is 1. The van der Waals surface area contributed by atoms with E-state index in [1.807, 2.05) is 11.8 Å². The van der Waals surface area contributed by atoms with Crippen LogP contribution in [0.15, 0.2) is 0 Å². The highest BCUT2D eigenvalue weighted by atomic mass is 16.5. The monoisotopic (exact) mass is 307 g/mol. The Morgan fingerprint density at radius 2 is 2.09 bits per heavy atom. The van der Waals surface area contributed by atoms with Gasteiger partial charge in [0, 0.05) is 25.6 Å². The molecule has 0 saturated carbocycles. The van der Waals surface area contributed by atoms with Crippen molar-refractivity contribution in [3.05, 3.63) is 0 Å². The number of likely N-dealkylation sites (tertiary alicyclic amines) is 1. The summed E-state index contributed by atoms with van der Waals surface area (Å²) in [5.41, 5.74) is 0. The van der Waals surface area contributed by atoms with Crippen LogP contribution in [0.25, 0.3) is 0 Å². The van der Waals surface area contributed by atoms with Crippen LogP contribution in [0.4, 0.5) is 0 Å². The van der Waals surface area contributed by atoms with Gasteiger partial charge in [-0.15, -0.1) is 0 Å². The van der Waals surface area contributed by atoms with Crippen LogP contribution in [-0.2, 0) is 9.53 Å². The summed E-state index contributed by atoms with van der Waals surface area (Å²) in [6.07, 6.45) is 6.35. The third-order valence-electron chi connectivity index (χ3n) is 4.85. The lowest BCUT2D eigenvalue weighted by Gasteiger charge is -2.33. The molecule has 2 aliphatic rings. The van der Waals surface area contributed by atoms with E-state index in [2.05, 4.69) is 11.0 Å². The molecule has 0 aromatic heterocycles. The molecule has 2 saturated heterocycles. The van der Waals surface area contributed by atoms with Gasteiger partial charge in [-0.05, 0) is 39.3 Å². The Labute approximate surface area is 134 Å². The number of hydrogen-bond acceptors (Lipinski definition) is 4. The van der Waals surface area contributed by atoms with Gasteiger partial charge in [-0.2, -0.15) is 5.26 Å². The fourth-order valence-corrected chi connectivity index (χ4v) is 3.42. The molecule has 5 heteroatoms. The summed E-state index contributed by atoms with van der Waals surface area (Å²) in [7, 11) is 0. The number of carbonyl (C=O) groups excluding carboxylic acids is 1. The number of nitriles is 1. The summed E-state index contributed by atoms with van der Waals surface area (Å²) in [6, 6.07) is 2.10. The first kappa shape index (κ1) is 17.2. The van der Waals surface area contributed by atoms with Gasteiger partial charge in [0.15, 0.2) is 0 Å². The van der Waals surface area contributed by atoms with Gasteiger partial charge in [-0.25, -0.2) is 0 Å². The van der Waals surface area contributed by atoms with Crippen molar-refractivity contribution in [2.24, 2.45) is 5.92 Å². The van der Waals surface area contributed by atoms with Gasteiger partial charge < -0.3 is 9.64 Å². The minimum absolute atomic E-state index is 0.0703. The molecule has 0 bridgehead atoms. The molecule has 2 aliphatic heterocycles. The van der Waals surface area contributed by atoms with Crippen LogP contribution in [0, 0.1) is 17.2 Å². The van der Waals surface area contributed by atoms with Gasteiger partial charge in [0.2, 0.25) is 5.91 Å². The van der Waals surface area contributed by atoms with E-state index in [0.29, 0.717) is 18.9 Å². The number of nitrogens with zero attached hydrogens (tertiary/aromatic N) is 3. The second kappa shape index (κ2) is 9.12. The Balaban J connectivity index is 1.94. The van der Waals surface area contributed by atoms with Crippen LogP contribution in [0.5, 0.6) is 0 Å². The molecule has 2 rings (SSSR count). The average Bonchev–Trinajstić information content (AvgIpc) is 2.89. The fraction of sp³-hybridized carbons (Fsp3) is 0.882. The number of rotatable bonds is 6. The smallest absolute Gasteiger partial charge is 0.239 e. The predicted octanol–water partition coefficient (Wildman–Crippen LogP) is 2.03.